The fourth-order valence-electron chi connectivity index (χ4n) is 1.58. The molecule has 0 saturated heterocycles. The summed E-state index contributed by atoms with van der Waals surface area (Å²) in [7, 11) is 1.86. The largest absolute Gasteiger partial charge is 0.361 e. The van der Waals surface area contributed by atoms with Crippen LogP contribution in [0.3, 0.4) is 0 Å². The van der Waals surface area contributed by atoms with Gasteiger partial charge in [-0.3, -0.25) is 0 Å². The van der Waals surface area contributed by atoms with Crippen molar-refractivity contribution in [1.82, 2.24) is 10.5 Å². The number of nitrogens with zero attached hydrogens (tertiary/aromatic N) is 1. The van der Waals surface area contributed by atoms with E-state index in [1.165, 1.54) is 6.07 Å². The molecule has 0 atom stereocenters. The van der Waals surface area contributed by atoms with E-state index in [0.29, 0.717) is 17.7 Å². The normalized spacial score (nSPS) is 10.6. The topological polar surface area (TPSA) is 38.1 Å². The molecule has 3 nitrogen and oxygen atoms in total. The van der Waals surface area contributed by atoms with Crippen molar-refractivity contribution in [1.29, 1.82) is 0 Å². The second-order valence-corrected chi connectivity index (χ2v) is 3.50. The second-order valence-electron chi connectivity index (χ2n) is 3.50. The predicted molar refractivity (Wildman–Crippen MR) is 59.5 cm³/mol. The van der Waals surface area contributed by atoms with Gasteiger partial charge in [-0.1, -0.05) is 23.4 Å². The van der Waals surface area contributed by atoms with Crippen LogP contribution in [0.4, 0.5) is 4.39 Å². The lowest BCUT2D eigenvalue weighted by Gasteiger charge is -2.02. The molecular weight excluding hydrogens is 207 g/mol. The van der Waals surface area contributed by atoms with Gasteiger partial charge in [-0.2, -0.15) is 0 Å². The Balaban J connectivity index is 2.33. The van der Waals surface area contributed by atoms with Crippen LogP contribution in [0.2, 0.25) is 0 Å². The second kappa shape index (κ2) is 4.90. The zero-order valence-electron chi connectivity index (χ0n) is 9.03. The summed E-state index contributed by atoms with van der Waals surface area (Å²) >= 11 is 0. The standard InChI is InChI=1S/C12H13FN2O/c1-14-7-6-12-10(8-15-16-12)9-4-2-3-5-11(9)13/h2-5,8,14H,6-7H2,1H3. The van der Waals surface area contributed by atoms with E-state index in [-0.39, 0.29) is 5.82 Å². The average molecular weight is 220 g/mol. The van der Waals surface area contributed by atoms with Gasteiger partial charge in [-0.15, -0.1) is 0 Å². The van der Waals surface area contributed by atoms with Crippen LogP contribution in [0.1, 0.15) is 5.76 Å². The Morgan fingerprint density at radius 2 is 2.12 bits per heavy atom. The Bertz CT molecular complexity index is 468. The molecule has 0 bridgehead atoms. The third kappa shape index (κ3) is 2.12. The number of likely N-dealkylation sites (N-methyl/N-ethyl adjacent to an activating group) is 1. The van der Waals surface area contributed by atoms with Crippen molar-refractivity contribution >= 4 is 0 Å². The van der Waals surface area contributed by atoms with Crippen LogP contribution >= 0.6 is 0 Å². The summed E-state index contributed by atoms with van der Waals surface area (Å²) in [5, 5.41) is 6.74. The quantitative estimate of drug-likeness (QED) is 0.858. The molecule has 0 saturated carbocycles. The maximum atomic E-state index is 13.6. The first kappa shape index (κ1) is 10.8. The number of hydrogen-bond acceptors (Lipinski definition) is 3. The predicted octanol–water partition coefficient (Wildman–Crippen LogP) is 2.24. The van der Waals surface area contributed by atoms with Crippen LogP contribution in [-0.4, -0.2) is 18.7 Å². The molecule has 0 radical (unpaired) electrons. The van der Waals surface area contributed by atoms with Gasteiger partial charge in [0.2, 0.25) is 0 Å². The number of rotatable bonds is 4. The molecule has 0 aliphatic heterocycles. The lowest BCUT2D eigenvalue weighted by Crippen LogP contribution is -2.10. The third-order valence-electron chi connectivity index (χ3n) is 2.41. The summed E-state index contributed by atoms with van der Waals surface area (Å²) in [6, 6.07) is 6.63. The molecular formula is C12H13FN2O. The monoisotopic (exact) mass is 220 g/mol. The first-order valence-corrected chi connectivity index (χ1v) is 5.16. The minimum atomic E-state index is -0.253. The maximum absolute atomic E-state index is 13.6. The molecule has 1 aromatic heterocycles. The molecule has 2 rings (SSSR count). The molecule has 4 heteroatoms. The summed E-state index contributed by atoms with van der Waals surface area (Å²) in [6.07, 6.45) is 2.25. The van der Waals surface area contributed by atoms with E-state index in [2.05, 4.69) is 10.5 Å². The van der Waals surface area contributed by atoms with E-state index in [0.717, 1.165) is 12.1 Å². The van der Waals surface area contributed by atoms with E-state index < -0.39 is 0 Å². The van der Waals surface area contributed by atoms with Gasteiger partial charge in [-0.05, 0) is 13.1 Å². The molecule has 1 N–H and O–H groups in total. The van der Waals surface area contributed by atoms with Gasteiger partial charge in [-0.25, -0.2) is 4.39 Å². The minimum Gasteiger partial charge on any atom is -0.361 e. The number of benzene rings is 1. The van der Waals surface area contributed by atoms with E-state index >= 15 is 0 Å². The van der Waals surface area contributed by atoms with Gasteiger partial charge in [0.1, 0.15) is 11.6 Å². The number of aromatic nitrogens is 1. The Labute approximate surface area is 93.3 Å². The highest BCUT2D eigenvalue weighted by atomic mass is 19.1. The van der Waals surface area contributed by atoms with E-state index in [1.807, 2.05) is 7.05 Å². The molecule has 0 spiro atoms. The van der Waals surface area contributed by atoms with Gasteiger partial charge < -0.3 is 9.84 Å². The van der Waals surface area contributed by atoms with Crippen molar-refractivity contribution in [2.75, 3.05) is 13.6 Å². The molecule has 0 aliphatic rings. The van der Waals surface area contributed by atoms with E-state index in [9.17, 15) is 4.39 Å². The van der Waals surface area contributed by atoms with Crippen LogP contribution in [0.5, 0.6) is 0 Å². The average Bonchev–Trinajstić information content (AvgIpc) is 2.75. The number of halogens is 1. The molecule has 1 heterocycles. The summed E-state index contributed by atoms with van der Waals surface area (Å²) < 4.78 is 18.7. The molecule has 84 valence electrons. The lowest BCUT2D eigenvalue weighted by molar-refractivity contribution is 0.382. The fourth-order valence-corrected chi connectivity index (χ4v) is 1.58. The molecule has 2 aromatic rings. The van der Waals surface area contributed by atoms with Crippen molar-refractivity contribution in [3.8, 4) is 11.1 Å². The first-order valence-electron chi connectivity index (χ1n) is 5.16. The summed E-state index contributed by atoms with van der Waals surface area (Å²) in [5.41, 5.74) is 1.27. The van der Waals surface area contributed by atoms with Crippen molar-refractivity contribution < 1.29 is 8.91 Å². The van der Waals surface area contributed by atoms with Gasteiger partial charge in [0.15, 0.2) is 0 Å². The van der Waals surface area contributed by atoms with E-state index in [4.69, 9.17) is 4.52 Å². The minimum absolute atomic E-state index is 0.253. The molecule has 0 unspecified atom stereocenters. The van der Waals surface area contributed by atoms with Crippen LogP contribution in [0, 0.1) is 5.82 Å². The first-order chi connectivity index (χ1) is 7.83. The molecule has 1 aromatic carbocycles. The highest BCUT2D eigenvalue weighted by Gasteiger charge is 2.12. The Kier molecular flexibility index (Phi) is 3.31. The van der Waals surface area contributed by atoms with Crippen molar-refractivity contribution in [3.05, 3.63) is 42.0 Å². The number of hydrogen-bond donors (Lipinski definition) is 1. The van der Waals surface area contributed by atoms with Gasteiger partial charge in [0, 0.05) is 24.1 Å². The summed E-state index contributed by atoms with van der Waals surface area (Å²) in [6.45, 7) is 0.774. The number of nitrogens with one attached hydrogen (secondary N) is 1. The fraction of sp³-hybridized carbons (Fsp3) is 0.250. The lowest BCUT2D eigenvalue weighted by atomic mass is 10.1. The van der Waals surface area contributed by atoms with Gasteiger partial charge in [0.05, 0.1) is 6.20 Å². The molecule has 0 aliphatic carbocycles. The zero-order valence-corrected chi connectivity index (χ0v) is 9.03. The van der Waals surface area contributed by atoms with Crippen molar-refractivity contribution in [3.63, 3.8) is 0 Å². The van der Waals surface area contributed by atoms with Gasteiger partial charge >= 0.3 is 0 Å². The SMILES string of the molecule is CNCCc1oncc1-c1ccccc1F. The highest BCUT2D eigenvalue weighted by Crippen LogP contribution is 2.26. The highest BCUT2D eigenvalue weighted by molar-refractivity contribution is 5.65. The Morgan fingerprint density at radius 1 is 1.31 bits per heavy atom. The zero-order chi connectivity index (χ0) is 11.4. The van der Waals surface area contributed by atoms with Crippen LogP contribution < -0.4 is 5.32 Å². The molecule has 0 fully saturated rings. The third-order valence-corrected chi connectivity index (χ3v) is 2.41. The van der Waals surface area contributed by atoms with Crippen molar-refractivity contribution in [2.45, 2.75) is 6.42 Å². The van der Waals surface area contributed by atoms with Crippen LogP contribution in [0.15, 0.2) is 35.0 Å². The molecule has 16 heavy (non-hydrogen) atoms. The molecule has 0 amide bonds. The Hall–Kier alpha value is -1.68. The summed E-state index contributed by atoms with van der Waals surface area (Å²) in [5.74, 6) is 0.454. The van der Waals surface area contributed by atoms with E-state index in [1.54, 1.807) is 24.4 Å². The van der Waals surface area contributed by atoms with Crippen LogP contribution in [0.25, 0.3) is 11.1 Å². The Morgan fingerprint density at radius 3 is 2.88 bits per heavy atom. The smallest absolute Gasteiger partial charge is 0.145 e. The summed E-state index contributed by atoms with van der Waals surface area (Å²) in [4.78, 5) is 0. The maximum Gasteiger partial charge on any atom is 0.145 e. The van der Waals surface area contributed by atoms with Crippen LogP contribution in [-0.2, 0) is 6.42 Å². The van der Waals surface area contributed by atoms with Gasteiger partial charge in [0.25, 0.3) is 0 Å². The van der Waals surface area contributed by atoms with Crippen molar-refractivity contribution in [2.24, 2.45) is 0 Å².